The third-order valence-electron chi connectivity index (χ3n) is 5.97. The molecule has 0 unspecified atom stereocenters. The molecular weight excluding hydrogens is 429 g/mol. The number of benzene rings is 2. The summed E-state index contributed by atoms with van der Waals surface area (Å²) < 4.78 is 0. The normalized spacial score (nSPS) is 18.8. The number of para-hydroxylation sites is 1. The van der Waals surface area contributed by atoms with Crippen molar-refractivity contribution in [2.75, 3.05) is 30.9 Å². The van der Waals surface area contributed by atoms with Gasteiger partial charge in [0.15, 0.2) is 0 Å². The zero-order valence-corrected chi connectivity index (χ0v) is 19.5. The molecule has 1 saturated carbocycles. The second-order valence-electron chi connectivity index (χ2n) is 8.49. The molecule has 0 amide bonds. The van der Waals surface area contributed by atoms with Crippen LogP contribution in [0.15, 0.2) is 42.5 Å². The average Bonchev–Trinajstić information content (AvgIpc) is 2.77. The first-order valence-corrected chi connectivity index (χ1v) is 11.6. The lowest BCUT2D eigenvalue weighted by molar-refractivity contribution is 0.324. The Morgan fingerprint density at radius 3 is 2.52 bits per heavy atom. The summed E-state index contributed by atoms with van der Waals surface area (Å²) in [6.45, 7) is 1.74. The molecule has 0 atom stereocenters. The molecule has 1 aromatic heterocycles. The number of anilines is 2. The molecule has 1 fully saturated rings. The minimum Gasteiger partial charge on any atom is -0.362 e. The predicted molar refractivity (Wildman–Crippen MR) is 131 cm³/mol. The van der Waals surface area contributed by atoms with Crippen molar-refractivity contribution >= 4 is 45.9 Å². The Morgan fingerprint density at radius 2 is 1.74 bits per heavy atom. The molecule has 31 heavy (non-hydrogen) atoms. The summed E-state index contributed by atoms with van der Waals surface area (Å²) >= 11 is 12.4. The van der Waals surface area contributed by atoms with Gasteiger partial charge in [0.05, 0.1) is 15.6 Å². The van der Waals surface area contributed by atoms with Crippen LogP contribution in [0.2, 0.25) is 10.0 Å². The van der Waals surface area contributed by atoms with Crippen LogP contribution >= 0.6 is 23.2 Å². The van der Waals surface area contributed by atoms with E-state index in [0.29, 0.717) is 22.0 Å². The maximum atomic E-state index is 6.28. The molecule has 2 aromatic carbocycles. The van der Waals surface area contributed by atoms with E-state index in [1.807, 2.05) is 55.4 Å². The predicted octanol–water partition coefficient (Wildman–Crippen LogP) is 5.76. The molecule has 3 aromatic rings. The Bertz CT molecular complexity index is 1030. The van der Waals surface area contributed by atoms with Gasteiger partial charge in [0.25, 0.3) is 0 Å². The Kier molecular flexibility index (Phi) is 7.16. The molecule has 0 bridgehead atoms. The first kappa shape index (κ1) is 22.1. The van der Waals surface area contributed by atoms with Gasteiger partial charge in [-0.3, -0.25) is 0 Å². The van der Waals surface area contributed by atoms with E-state index in [-0.39, 0.29) is 0 Å². The summed E-state index contributed by atoms with van der Waals surface area (Å²) in [4.78, 5) is 11.6. The van der Waals surface area contributed by atoms with Gasteiger partial charge in [-0.1, -0.05) is 47.5 Å². The van der Waals surface area contributed by atoms with Gasteiger partial charge in [-0.2, -0.15) is 4.98 Å². The summed E-state index contributed by atoms with van der Waals surface area (Å²) in [5, 5.41) is 9.47. The minimum absolute atomic E-state index is 0.412. The fraction of sp³-hybridized carbons (Fsp3) is 0.417. The van der Waals surface area contributed by atoms with E-state index < -0.39 is 0 Å². The second-order valence-corrected chi connectivity index (χ2v) is 9.27. The average molecular weight is 458 g/mol. The van der Waals surface area contributed by atoms with Crippen LogP contribution in [0.5, 0.6) is 0 Å². The first-order chi connectivity index (χ1) is 15.0. The summed E-state index contributed by atoms with van der Waals surface area (Å²) in [6, 6.07) is 14.4. The number of hydrogen-bond acceptors (Lipinski definition) is 5. The van der Waals surface area contributed by atoms with Crippen LogP contribution in [0.4, 0.5) is 11.8 Å². The summed E-state index contributed by atoms with van der Waals surface area (Å²) in [7, 11) is 4.04. The van der Waals surface area contributed by atoms with E-state index in [9.17, 15) is 0 Å². The van der Waals surface area contributed by atoms with Gasteiger partial charge in [0.1, 0.15) is 5.82 Å². The minimum atomic E-state index is 0.412. The SMILES string of the molecule is CN(C)c1nc(N[C@H]2CC[C@@H](CNCc3cccc(Cl)c3Cl)CC2)nc2ccccc12. The van der Waals surface area contributed by atoms with Crippen molar-refractivity contribution in [3.8, 4) is 0 Å². The van der Waals surface area contributed by atoms with Gasteiger partial charge in [-0.25, -0.2) is 4.98 Å². The Balaban J connectivity index is 1.30. The van der Waals surface area contributed by atoms with Crippen LogP contribution in [0.25, 0.3) is 10.9 Å². The van der Waals surface area contributed by atoms with Crippen LogP contribution in [0, 0.1) is 5.92 Å². The van der Waals surface area contributed by atoms with Crippen molar-refractivity contribution in [2.45, 2.75) is 38.3 Å². The maximum Gasteiger partial charge on any atom is 0.225 e. The molecule has 5 nitrogen and oxygen atoms in total. The number of halogens is 2. The lowest BCUT2D eigenvalue weighted by atomic mass is 9.86. The molecule has 0 spiro atoms. The van der Waals surface area contributed by atoms with E-state index in [1.54, 1.807) is 0 Å². The van der Waals surface area contributed by atoms with Crippen molar-refractivity contribution in [2.24, 2.45) is 5.92 Å². The van der Waals surface area contributed by atoms with Crippen LogP contribution in [-0.2, 0) is 6.54 Å². The van der Waals surface area contributed by atoms with Gasteiger partial charge < -0.3 is 15.5 Å². The number of fused-ring (bicyclic) bond motifs is 1. The first-order valence-electron chi connectivity index (χ1n) is 10.9. The molecule has 0 saturated heterocycles. The molecule has 1 aliphatic carbocycles. The molecule has 2 N–H and O–H groups in total. The number of rotatable bonds is 7. The second kappa shape index (κ2) is 10.0. The fourth-order valence-electron chi connectivity index (χ4n) is 4.25. The monoisotopic (exact) mass is 457 g/mol. The van der Waals surface area contributed by atoms with E-state index in [0.717, 1.165) is 54.2 Å². The van der Waals surface area contributed by atoms with Crippen molar-refractivity contribution in [1.29, 1.82) is 0 Å². The quantitative estimate of drug-likeness (QED) is 0.471. The molecule has 0 radical (unpaired) electrons. The van der Waals surface area contributed by atoms with Gasteiger partial charge >= 0.3 is 0 Å². The third kappa shape index (κ3) is 5.40. The Morgan fingerprint density at radius 1 is 0.968 bits per heavy atom. The van der Waals surface area contributed by atoms with Crippen LogP contribution in [-0.4, -0.2) is 36.6 Å². The molecule has 0 aliphatic heterocycles. The summed E-state index contributed by atoms with van der Waals surface area (Å²) in [6.07, 6.45) is 4.61. The number of hydrogen-bond donors (Lipinski definition) is 2. The smallest absolute Gasteiger partial charge is 0.225 e. The molecular formula is C24H29Cl2N5. The van der Waals surface area contributed by atoms with Crippen LogP contribution in [0.3, 0.4) is 0 Å². The van der Waals surface area contributed by atoms with Crippen molar-refractivity contribution < 1.29 is 0 Å². The number of nitrogens with one attached hydrogen (secondary N) is 2. The maximum absolute atomic E-state index is 6.28. The Hall–Kier alpha value is -2.08. The zero-order valence-electron chi connectivity index (χ0n) is 18.0. The van der Waals surface area contributed by atoms with Gasteiger partial charge in [0.2, 0.25) is 5.95 Å². The van der Waals surface area contributed by atoms with Gasteiger partial charge in [-0.15, -0.1) is 0 Å². The standard InChI is InChI=1S/C24H29Cl2N5/c1-31(2)23-19-7-3-4-9-21(19)29-24(30-23)28-18-12-10-16(11-13-18)14-27-15-17-6-5-8-20(25)22(17)26/h3-9,16,18,27H,10-15H2,1-2H3,(H,28,29,30)/t16-,18+. The van der Waals surface area contributed by atoms with Gasteiger partial charge in [-0.05, 0) is 61.9 Å². The fourth-order valence-corrected chi connectivity index (χ4v) is 4.64. The molecule has 1 aliphatic rings. The topological polar surface area (TPSA) is 53.1 Å². The Labute approximate surface area is 194 Å². The molecule has 164 valence electrons. The van der Waals surface area contributed by atoms with Crippen molar-refractivity contribution in [1.82, 2.24) is 15.3 Å². The highest BCUT2D eigenvalue weighted by Gasteiger charge is 2.22. The van der Waals surface area contributed by atoms with Crippen LogP contribution < -0.4 is 15.5 Å². The van der Waals surface area contributed by atoms with Crippen molar-refractivity contribution in [3.63, 3.8) is 0 Å². The van der Waals surface area contributed by atoms with Crippen LogP contribution in [0.1, 0.15) is 31.2 Å². The lowest BCUT2D eigenvalue weighted by Gasteiger charge is -2.29. The molecule has 4 rings (SSSR count). The summed E-state index contributed by atoms with van der Waals surface area (Å²) in [5.41, 5.74) is 2.02. The van der Waals surface area contributed by atoms with Gasteiger partial charge in [0, 0.05) is 32.1 Å². The highest BCUT2D eigenvalue weighted by atomic mass is 35.5. The number of aromatic nitrogens is 2. The summed E-state index contributed by atoms with van der Waals surface area (Å²) in [5.74, 6) is 2.34. The number of nitrogens with zero attached hydrogens (tertiary/aromatic N) is 3. The molecule has 7 heteroatoms. The van der Waals surface area contributed by atoms with E-state index in [1.165, 1.54) is 12.8 Å². The van der Waals surface area contributed by atoms with E-state index in [4.69, 9.17) is 33.2 Å². The lowest BCUT2D eigenvalue weighted by Crippen LogP contribution is -2.31. The zero-order chi connectivity index (χ0) is 21.8. The third-order valence-corrected chi connectivity index (χ3v) is 6.82. The largest absolute Gasteiger partial charge is 0.362 e. The van der Waals surface area contributed by atoms with E-state index in [2.05, 4.69) is 16.7 Å². The molecule has 1 heterocycles. The van der Waals surface area contributed by atoms with E-state index >= 15 is 0 Å². The highest BCUT2D eigenvalue weighted by Crippen LogP contribution is 2.29. The highest BCUT2D eigenvalue weighted by molar-refractivity contribution is 6.42. The van der Waals surface area contributed by atoms with Crippen molar-refractivity contribution in [3.05, 3.63) is 58.1 Å².